The molecule has 15 heavy (non-hydrogen) atoms. The van der Waals surface area contributed by atoms with Gasteiger partial charge in [0.05, 0.1) is 0 Å². The molecule has 1 N–H and O–H groups in total. The van der Waals surface area contributed by atoms with Crippen LogP contribution < -0.4 is 5.32 Å². The van der Waals surface area contributed by atoms with Crippen LogP contribution in [0, 0.1) is 9.49 Å². The fraction of sp³-hybridized carbons (Fsp3) is 0.455. The average molecular weight is 354 g/mol. The van der Waals surface area contributed by atoms with Gasteiger partial charge in [-0.1, -0.05) is 11.6 Å². The van der Waals surface area contributed by atoms with E-state index in [0.717, 1.165) is 17.5 Å². The quantitative estimate of drug-likeness (QED) is 0.821. The Morgan fingerprint density at radius 2 is 2.40 bits per heavy atom. The summed E-state index contributed by atoms with van der Waals surface area (Å²) in [4.78, 5) is 0. The SMILES string of the molecule is Clc1ccc(NCC2CCSC2)c(I)c1. The molecule has 1 nitrogen and oxygen atoms in total. The molecule has 0 spiro atoms. The minimum absolute atomic E-state index is 0.807. The van der Waals surface area contributed by atoms with Crippen molar-refractivity contribution in [3.63, 3.8) is 0 Å². The third-order valence-electron chi connectivity index (χ3n) is 2.54. The van der Waals surface area contributed by atoms with Crippen molar-refractivity contribution in [2.24, 2.45) is 5.92 Å². The molecule has 0 aliphatic carbocycles. The van der Waals surface area contributed by atoms with Gasteiger partial charge >= 0.3 is 0 Å². The smallest absolute Gasteiger partial charge is 0.0477 e. The Balaban J connectivity index is 1.92. The van der Waals surface area contributed by atoms with Gasteiger partial charge in [0.2, 0.25) is 0 Å². The lowest BCUT2D eigenvalue weighted by atomic mass is 10.1. The molecule has 4 heteroatoms. The van der Waals surface area contributed by atoms with Crippen LogP contribution in [-0.4, -0.2) is 18.1 Å². The summed E-state index contributed by atoms with van der Waals surface area (Å²) in [5.74, 6) is 3.46. The summed E-state index contributed by atoms with van der Waals surface area (Å²) in [5, 5.41) is 4.31. The maximum atomic E-state index is 5.91. The first kappa shape index (κ1) is 11.9. The maximum Gasteiger partial charge on any atom is 0.0477 e. The van der Waals surface area contributed by atoms with Crippen molar-refractivity contribution >= 4 is 51.6 Å². The molecule has 1 fully saturated rings. The van der Waals surface area contributed by atoms with Crippen molar-refractivity contribution in [3.05, 3.63) is 26.8 Å². The van der Waals surface area contributed by atoms with E-state index < -0.39 is 0 Å². The molecule has 1 aliphatic heterocycles. The van der Waals surface area contributed by atoms with Crippen LogP contribution in [0.4, 0.5) is 5.69 Å². The highest BCUT2D eigenvalue weighted by Crippen LogP contribution is 2.26. The van der Waals surface area contributed by atoms with E-state index in [9.17, 15) is 0 Å². The van der Waals surface area contributed by atoms with Crippen molar-refractivity contribution in [2.45, 2.75) is 6.42 Å². The van der Waals surface area contributed by atoms with E-state index in [2.05, 4.69) is 45.7 Å². The molecule has 0 radical (unpaired) electrons. The standard InChI is InChI=1S/C11H13ClINS/c12-9-1-2-11(10(13)5-9)14-6-8-3-4-15-7-8/h1-2,5,8,14H,3-4,6-7H2. The number of nitrogens with one attached hydrogen (secondary N) is 1. The van der Waals surface area contributed by atoms with Gasteiger partial charge in [-0.25, -0.2) is 0 Å². The topological polar surface area (TPSA) is 12.0 Å². The molecule has 1 heterocycles. The molecular weight excluding hydrogens is 341 g/mol. The largest absolute Gasteiger partial charge is 0.384 e. The van der Waals surface area contributed by atoms with Crippen LogP contribution in [0.25, 0.3) is 0 Å². The number of thioether (sulfide) groups is 1. The van der Waals surface area contributed by atoms with Crippen LogP contribution in [-0.2, 0) is 0 Å². The molecule has 0 bridgehead atoms. The molecule has 0 aromatic heterocycles. The second-order valence-corrected chi connectivity index (χ2v) is 6.48. The fourth-order valence-electron chi connectivity index (χ4n) is 1.63. The molecule has 82 valence electrons. The van der Waals surface area contributed by atoms with Gasteiger partial charge in [0.1, 0.15) is 0 Å². The number of anilines is 1. The summed E-state index contributed by atoms with van der Waals surface area (Å²) in [7, 11) is 0. The van der Waals surface area contributed by atoms with E-state index >= 15 is 0 Å². The first-order valence-corrected chi connectivity index (χ1v) is 7.63. The first-order valence-electron chi connectivity index (χ1n) is 5.02. The van der Waals surface area contributed by atoms with Crippen LogP contribution in [0.2, 0.25) is 5.02 Å². The molecule has 1 saturated heterocycles. The Hall–Kier alpha value is 0.390. The average Bonchev–Trinajstić information content (AvgIpc) is 2.69. The van der Waals surface area contributed by atoms with Crippen molar-refractivity contribution < 1.29 is 0 Å². The van der Waals surface area contributed by atoms with Gasteiger partial charge < -0.3 is 5.32 Å². The van der Waals surface area contributed by atoms with E-state index in [4.69, 9.17) is 11.6 Å². The Kier molecular flexibility index (Phi) is 4.46. The Bertz CT molecular complexity index is 339. The molecule has 0 saturated carbocycles. The molecular formula is C11H13ClINS. The van der Waals surface area contributed by atoms with Crippen LogP contribution in [0.3, 0.4) is 0 Å². The van der Waals surface area contributed by atoms with E-state index in [1.807, 2.05) is 12.1 Å². The van der Waals surface area contributed by atoms with Crippen molar-refractivity contribution in [2.75, 3.05) is 23.4 Å². The Morgan fingerprint density at radius 1 is 1.53 bits per heavy atom. The summed E-state index contributed by atoms with van der Waals surface area (Å²) < 4.78 is 1.20. The molecule has 1 atom stereocenters. The Labute approximate surface area is 113 Å². The van der Waals surface area contributed by atoms with Gasteiger partial charge in [-0.3, -0.25) is 0 Å². The summed E-state index contributed by atoms with van der Waals surface area (Å²) in [6, 6.07) is 6.00. The number of hydrogen-bond donors (Lipinski definition) is 1. The Morgan fingerprint density at radius 3 is 3.07 bits per heavy atom. The zero-order valence-corrected chi connectivity index (χ0v) is 12.0. The summed E-state index contributed by atoms with van der Waals surface area (Å²) >= 11 is 10.3. The highest BCUT2D eigenvalue weighted by molar-refractivity contribution is 14.1. The molecule has 1 unspecified atom stereocenters. The van der Waals surface area contributed by atoms with Crippen LogP contribution in [0.15, 0.2) is 18.2 Å². The van der Waals surface area contributed by atoms with E-state index in [0.29, 0.717) is 0 Å². The summed E-state index contributed by atoms with van der Waals surface area (Å²) in [6.07, 6.45) is 1.35. The lowest BCUT2D eigenvalue weighted by Crippen LogP contribution is -2.13. The minimum Gasteiger partial charge on any atom is -0.384 e. The number of benzene rings is 1. The lowest BCUT2D eigenvalue weighted by molar-refractivity contribution is 0.631. The minimum atomic E-state index is 0.807. The fourth-order valence-corrected chi connectivity index (χ4v) is 3.98. The van der Waals surface area contributed by atoms with Crippen molar-refractivity contribution in [1.82, 2.24) is 0 Å². The molecule has 1 aromatic rings. The van der Waals surface area contributed by atoms with E-state index in [-0.39, 0.29) is 0 Å². The van der Waals surface area contributed by atoms with Crippen LogP contribution in [0.1, 0.15) is 6.42 Å². The van der Waals surface area contributed by atoms with Gasteiger partial charge in [0.15, 0.2) is 0 Å². The highest BCUT2D eigenvalue weighted by atomic mass is 127. The summed E-state index contributed by atoms with van der Waals surface area (Å²) in [5.41, 5.74) is 1.21. The van der Waals surface area contributed by atoms with E-state index in [1.165, 1.54) is 27.2 Å². The monoisotopic (exact) mass is 353 g/mol. The van der Waals surface area contributed by atoms with Crippen LogP contribution >= 0.6 is 46.0 Å². The van der Waals surface area contributed by atoms with Gasteiger partial charge in [0.25, 0.3) is 0 Å². The third-order valence-corrected chi connectivity index (χ3v) is 4.90. The third kappa shape index (κ3) is 3.43. The maximum absolute atomic E-state index is 5.91. The second-order valence-electron chi connectivity index (χ2n) is 3.73. The van der Waals surface area contributed by atoms with Crippen molar-refractivity contribution in [3.8, 4) is 0 Å². The molecule has 1 aromatic carbocycles. The van der Waals surface area contributed by atoms with E-state index in [1.54, 1.807) is 0 Å². The number of halogens is 2. The summed E-state index contributed by atoms with van der Waals surface area (Å²) in [6.45, 7) is 1.09. The number of rotatable bonds is 3. The van der Waals surface area contributed by atoms with Gasteiger partial charge in [0, 0.05) is 20.8 Å². The van der Waals surface area contributed by atoms with Gasteiger partial charge in [-0.2, -0.15) is 11.8 Å². The van der Waals surface area contributed by atoms with Gasteiger partial charge in [-0.05, 0) is 64.6 Å². The lowest BCUT2D eigenvalue weighted by Gasteiger charge is -2.12. The van der Waals surface area contributed by atoms with Crippen LogP contribution in [0.5, 0.6) is 0 Å². The highest BCUT2D eigenvalue weighted by Gasteiger charge is 2.15. The number of hydrogen-bond acceptors (Lipinski definition) is 2. The van der Waals surface area contributed by atoms with Gasteiger partial charge in [-0.15, -0.1) is 0 Å². The zero-order valence-electron chi connectivity index (χ0n) is 8.30. The molecule has 0 amide bonds. The zero-order chi connectivity index (χ0) is 10.7. The second kappa shape index (κ2) is 5.64. The predicted molar refractivity (Wildman–Crippen MR) is 78.1 cm³/mol. The molecule has 1 aliphatic rings. The van der Waals surface area contributed by atoms with Crippen molar-refractivity contribution in [1.29, 1.82) is 0 Å². The predicted octanol–water partition coefficient (Wildman–Crippen LogP) is 4.11. The first-order chi connectivity index (χ1) is 7.25. The molecule has 2 rings (SSSR count). The normalized spacial score (nSPS) is 20.5.